The standard InChI is InChI=1S/C30H46O6S2/c1-27(2,3)19-35-37(31,32)25-17-21(29(7,8)9)13-15-23(25)24-16-14-22(30(10,11)12)18-26(24)38(33,34)36-20-28(4,5)6/h13-18H,19-20H2,1-12H3. The smallest absolute Gasteiger partial charge is 0.266 e. The summed E-state index contributed by atoms with van der Waals surface area (Å²) in [5, 5.41) is 0. The van der Waals surface area contributed by atoms with Crippen molar-refractivity contribution in [1.82, 2.24) is 0 Å². The molecule has 0 heterocycles. The van der Waals surface area contributed by atoms with E-state index >= 15 is 0 Å². The van der Waals surface area contributed by atoms with Crippen molar-refractivity contribution in [3.8, 4) is 11.1 Å². The van der Waals surface area contributed by atoms with Crippen LogP contribution in [0.3, 0.4) is 0 Å². The summed E-state index contributed by atoms with van der Waals surface area (Å²) in [6, 6.07) is 10.2. The fourth-order valence-electron chi connectivity index (χ4n) is 3.47. The van der Waals surface area contributed by atoms with Crippen LogP contribution in [0.25, 0.3) is 11.1 Å². The van der Waals surface area contributed by atoms with Crippen LogP contribution in [0.15, 0.2) is 46.2 Å². The molecule has 0 saturated carbocycles. The first kappa shape index (κ1) is 32.5. The Morgan fingerprint density at radius 3 is 1.05 bits per heavy atom. The van der Waals surface area contributed by atoms with Crippen molar-refractivity contribution in [3.63, 3.8) is 0 Å². The van der Waals surface area contributed by atoms with E-state index in [1.807, 2.05) is 95.2 Å². The monoisotopic (exact) mass is 566 g/mol. The molecule has 0 N–H and O–H groups in total. The molecule has 8 heteroatoms. The molecular weight excluding hydrogens is 520 g/mol. The SMILES string of the molecule is CC(C)(C)COS(=O)(=O)c1cc(C(C)(C)C)ccc1-c1ccc(C(C)(C)C)cc1S(=O)(=O)OCC(C)(C)C. The highest BCUT2D eigenvalue weighted by molar-refractivity contribution is 7.87. The van der Waals surface area contributed by atoms with Crippen molar-refractivity contribution in [2.24, 2.45) is 10.8 Å². The van der Waals surface area contributed by atoms with Crippen molar-refractivity contribution < 1.29 is 25.2 Å². The lowest BCUT2D eigenvalue weighted by Gasteiger charge is -2.25. The second-order valence-electron chi connectivity index (χ2n) is 14.5. The molecule has 2 rings (SSSR count). The van der Waals surface area contributed by atoms with E-state index in [-0.39, 0.29) is 45.0 Å². The van der Waals surface area contributed by atoms with Gasteiger partial charge in [0.2, 0.25) is 0 Å². The Balaban J connectivity index is 2.90. The summed E-state index contributed by atoms with van der Waals surface area (Å²) in [5.74, 6) is 0. The summed E-state index contributed by atoms with van der Waals surface area (Å²) in [5.41, 5.74) is 0.631. The average Bonchev–Trinajstić information content (AvgIpc) is 2.73. The van der Waals surface area contributed by atoms with E-state index in [9.17, 15) is 16.8 Å². The molecule has 0 aliphatic carbocycles. The summed E-state index contributed by atoms with van der Waals surface area (Å²) in [6.45, 7) is 23.2. The zero-order valence-electron chi connectivity index (χ0n) is 25.1. The van der Waals surface area contributed by atoms with Crippen LogP contribution in [-0.2, 0) is 39.4 Å². The number of hydrogen-bond donors (Lipinski definition) is 0. The number of hydrogen-bond acceptors (Lipinski definition) is 6. The molecule has 0 unspecified atom stereocenters. The van der Waals surface area contributed by atoms with E-state index in [1.165, 1.54) is 0 Å². The molecule has 0 atom stereocenters. The highest BCUT2D eigenvalue weighted by atomic mass is 32.2. The zero-order valence-corrected chi connectivity index (χ0v) is 26.8. The second kappa shape index (κ2) is 10.7. The van der Waals surface area contributed by atoms with Gasteiger partial charge in [-0.1, -0.05) is 107 Å². The first-order chi connectivity index (χ1) is 16.8. The summed E-state index contributed by atoms with van der Waals surface area (Å²) in [6.07, 6.45) is 0. The Morgan fingerprint density at radius 2 is 0.816 bits per heavy atom. The van der Waals surface area contributed by atoms with Crippen LogP contribution in [0.2, 0.25) is 0 Å². The fourth-order valence-corrected chi connectivity index (χ4v) is 6.18. The summed E-state index contributed by atoms with van der Waals surface area (Å²) in [7, 11) is -8.45. The Bertz CT molecular complexity index is 1250. The second-order valence-corrected chi connectivity index (χ2v) is 17.6. The molecule has 0 aliphatic heterocycles. The van der Waals surface area contributed by atoms with Crippen LogP contribution >= 0.6 is 0 Å². The molecule has 0 aromatic heterocycles. The largest absolute Gasteiger partial charge is 0.297 e. The van der Waals surface area contributed by atoms with E-state index in [2.05, 4.69) is 0 Å². The van der Waals surface area contributed by atoms with Crippen LogP contribution < -0.4 is 0 Å². The van der Waals surface area contributed by atoms with Crippen molar-refractivity contribution in [2.45, 2.75) is 104 Å². The minimum atomic E-state index is -4.23. The highest BCUT2D eigenvalue weighted by Crippen LogP contribution is 2.39. The topological polar surface area (TPSA) is 86.7 Å². The molecule has 0 fully saturated rings. The van der Waals surface area contributed by atoms with Crippen LogP contribution in [0, 0.1) is 10.8 Å². The molecule has 0 radical (unpaired) electrons. The molecule has 2 aromatic rings. The normalized spacial score (nSPS) is 14.1. The lowest BCUT2D eigenvalue weighted by Crippen LogP contribution is -2.21. The van der Waals surface area contributed by atoms with Gasteiger partial charge in [-0.05, 0) is 44.9 Å². The van der Waals surface area contributed by atoms with E-state index in [0.29, 0.717) is 0 Å². The molecule has 214 valence electrons. The van der Waals surface area contributed by atoms with Crippen molar-refractivity contribution in [3.05, 3.63) is 47.5 Å². The first-order valence-electron chi connectivity index (χ1n) is 12.9. The van der Waals surface area contributed by atoms with Crippen LogP contribution in [0.1, 0.15) is 94.2 Å². The third-order valence-electron chi connectivity index (χ3n) is 5.82. The molecular formula is C30H46O6S2. The molecule has 0 bridgehead atoms. The van der Waals surface area contributed by atoms with E-state index in [0.717, 1.165) is 11.1 Å². The molecule has 0 amide bonds. The van der Waals surface area contributed by atoms with Crippen molar-refractivity contribution in [2.75, 3.05) is 13.2 Å². The lowest BCUT2D eigenvalue weighted by molar-refractivity contribution is 0.203. The predicted octanol–water partition coefficient (Wildman–Crippen LogP) is 7.45. The van der Waals surface area contributed by atoms with Gasteiger partial charge in [-0.3, -0.25) is 8.37 Å². The third kappa shape index (κ3) is 8.63. The van der Waals surface area contributed by atoms with Crippen LogP contribution in [-0.4, -0.2) is 30.0 Å². The summed E-state index contributed by atoms with van der Waals surface area (Å²) in [4.78, 5) is -0.130. The molecule has 6 nitrogen and oxygen atoms in total. The quantitative estimate of drug-likeness (QED) is 0.324. The fraction of sp³-hybridized carbons (Fsp3) is 0.600. The Labute approximate surface area is 231 Å². The number of rotatable bonds is 7. The predicted molar refractivity (Wildman–Crippen MR) is 154 cm³/mol. The Morgan fingerprint density at radius 1 is 0.526 bits per heavy atom. The maximum atomic E-state index is 13.6. The van der Waals surface area contributed by atoms with Gasteiger partial charge in [0.05, 0.1) is 13.2 Å². The lowest BCUT2D eigenvalue weighted by atomic mass is 9.85. The molecule has 2 aromatic carbocycles. The first-order valence-corrected chi connectivity index (χ1v) is 15.7. The molecule has 0 spiro atoms. The zero-order chi connectivity index (χ0) is 29.5. The highest BCUT2D eigenvalue weighted by Gasteiger charge is 2.31. The minimum Gasteiger partial charge on any atom is -0.266 e. The molecule has 38 heavy (non-hydrogen) atoms. The van der Waals surface area contributed by atoms with Gasteiger partial charge < -0.3 is 0 Å². The molecule has 0 saturated heterocycles. The maximum absolute atomic E-state index is 13.6. The third-order valence-corrected chi connectivity index (χ3v) is 8.43. The summed E-state index contributed by atoms with van der Waals surface area (Å²) < 4.78 is 65.4. The van der Waals surface area contributed by atoms with E-state index < -0.39 is 31.1 Å². The molecule has 0 aliphatic rings. The van der Waals surface area contributed by atoms with Gasteiger partial charge in [0.25, 0.3) is 20.2 Å². The van der Waals surface area contributed by atoms with Gasteiger partial charge in [0.15, 0.2) is 0 Å². The van der Waals surface area contributed by atoms with Gasteiger partial charge in [0, 0.05) is 11.1 Å². The van der Waals surface area contributed by atoms with Gasteiger partial charge in [-0.25, -0.2) is 0 Å². The minimum absolute atomic E-state index is 0.0165. The Hall–Kier alpha value is -1.74. The van der Waals surface area contributed by atoms with Crippen LogP contribution in [0.5, 0.6) is 0 Å². The maximum Gasteiger partial charge on any atom is 0.297 e. The van der Waals surface area contributed by atoms with Crippen molar-refractivity contribution in [1.29, 1.82) is 0 Å². The van der Waals surface area contributed by atoms with Gasteiger partial charge in [0.1, 0.15) is 9.79 Å². The van der Waals surface area contributed by atoms with Crippen molar-refractivity contribution >= 4 is 20.2 Å². The summed E-state index contributed by atoms with van der Waals surface area (Å²) >= 11 is 0. The average molecular weight is 567 g/mol. The Kier molecular flexibility index (Phi) is 9.12. The number of benzene rings is 2. The van der Waals surface area contributed by atoms with Gasteiger partial charge in [-0.15, -0.1) is 0 Å². The van der Waals surface area contributed by atoms with Gasteiger partial charge in [-0.2, -0.15) is 16.8 Å². The van der Waals surface area contributed by atoms with E-state index in [1.54, 1.807) is 24.3 Å². The van der Waals surface area contributed by atoms with Crippen LogP contribution in [0.4, 0.5) is 0 Å². The van der Waals surface area contributed by atoms with Gasteiger partial charge >= 0.3 is 0 Å². The van der Waals surface area contributed by atoms with E-state index in [4.69, 9.17) is 8.37 Å².